The van der Waals surface area contributed by atoms with Crippen molar-refractivity contribution in [2.45, 2.75) is 32.2 Å². The van der Waals surface area contributed by atoms with Gasteiger partial charge in [-0.1, -0.05) is 6.07 Å². The van der Waals surface area contributed by atoms with Crippen LogP contribution in [0.25, 0.3) is 0 Å². The smallest absolute Gasteiger partial charge is 0.0416 e. The van der Waals surface area contributed by atoms with E-state index in [0.717, 1.165) is 19.5 Å². The van der Waals surface area contributed by atoms with Crippen molar-refractivity contribution in [1.29, 1.82) is 0 Å². The summed E-state index contributed by atoms with van der Waals surface area (Å²) in [7, 11) is 0. The Morgan fingerprint density at radius 2 is 2.28 bits per heavy atom. The fourth-order valence-corrected chi connectivity index (χ4v) is 3.68. The van der Waals surface area contributed by atoms with Crippen LogP contribution < -0.4 is 5.32 Å². The Morgan fingerprint density at radius 1 is 1.28 bits per heavy atom. The molecule has 0 amide bonds. The maximum atomic E-state index is 4.33. The molecule has 3 heteroatoms. The second kappa shape index (κ2) is 5.63. The average molecular weight is 258 g/mol. The van der Waals surface area contributed by atoms with Gasteiger partial charge in [-0.05, 0) is 43.0 Å². The lowest BCUT2D eigenvalue weighted by molar-refractivity contribution is 0.686. The van der Waals surface area contributed by atoms with Crippen LogP contribution in [0.3, 0.4) is 0 Å². The van der Waals surface area contributed by atoms with Gasteiger partial charge in [0.1, 0.15) is 0 Å². The zero-order chi connectivity index (χ0) is 12.2. The number of hydrogen-bond donors (Lipinski definition) is 1. The molecule has 18 heavy (non-hydrogen) atoms. The van der Waals surface area contributed by atoms with Crippen molar-refractivity contribution in [2.75, 3.05) is 6.54 Å². The number of rotatable bonds is 5. The normalized spacial score (nSPS) is 13.8. The summed E-state index contributed by atoms with van der Waals surface area (Å²) < 4.78 is 0. The average Bonchev–Trinajstić information content (AvgIpc) is 2.96. The second-order valence-corrected chi connectivity index (χ2v) is 5.98. The van der Waals surface area contributed by atoms with E-state index in [1.165, 1.54) is 29.8 Å². The van der Waals surface area contributed by atoms with Gasteiger partial charge in [-0.15, -0.1) is 11.3 Å². The number of thiophene rings is 1. The van der Waals surface area contributed by atoms with Gasteiger partial charge in [0.25, 0.3) is 0 Å². The number of fused-ring (bicyclic) bond motifs is 1. The Morgan fingerprint density at radius 3 is 3.11 bits per heavy atom. The van der Waals surface area contributed by atoms with Gasteiger partial charge in [-0.25, -0.2) is 0 Å². The Kier molecular flexibility index (Phi) is 3.72. The van der Waals surface area contributed by atoms with Gasteiger partial charge in [-0.2, -0.15) is 0 Å². The van der Waals surface area contributed by atoms with E-state index in [-0.39, 0.29) is 0 Å². The fraction of sp³-hybridized carbons (Fsp3) is 0.400. The minimum absolute atomic E-state index is 1.000. The summed E-state index contributed by atoms with van der Waals surface area (Å²) in [5, 5.41) is 3.51. The monoisotopic (exact) mass is 258 g/mol. The minimum Gasteiger partial charge on any atom is -0.311 e. The molecule has 3 rings (SSSR count). The molecule has 0 aliphatic heterocycles. The number of aryl methyl sites for hydroxylation is 2. The van der Waals surface area contributed by atoms with Crippen molar-refractivity contribution >= 4 is 11.3 Å². The van der Waals surface area contributed by atoms with Crippen LogP contribution >= 0.6 is 11.3 Å². The predicted octanol–water partition coefficient (Wildman–Crippen LogP) is 2.96. The van der Waals surface area contributed by atoms with Crippen molar-refractivity contribution in [3.8, 4) is 0 Å². The highest BCUT2D eigenvalue weighted by Gasteiger charge is 2.14. The minimum atomic E-state index is 1.000. The van der Waals surface area contributed by atoms with E-state index in [1.807, 2.05) is 29.7 Å². The zero-order valence-electron chi connectivity index (χ0n) is 10.5. The quantitative estimate of drug-likeness (QED) is 0.834. The first kappa shape index (κ1) is 11.9. The van der Waals surface area contributed by atoms with Crippen LogP contribution in [0.2, 0.25) is 0 Å². The van der Waals surface area contributed by atoms with Gasteiger partial charge in [0.2, 0.25) is 0 Å². The van der Waals surface area contributed by atoms with Crippen molar-refractivity contribution in [3.05, 3.63) is 51.5 Å². The topological polar surface area (TPSA) is 24.9 Å². The molecular formula is C15H18N2S. The summed E-state index contributed by atoms with van der Waals surface area (Å²) in [6.07, 6.45) is 6.81. The van der Waals surface area contributed by atoms with Crippen LogP contribution in [0.4, 0.5) is 0 Å². The van der Waals surface area contributed by atoms with E-state index in [4.69, 9.17) is 0 Å². The molecule has 1 aliphatic carbocycles. The summed E-state index contributed by atoms with van der Waals surface area (Å²) in [6, 6.07) is 8.48. The molecule has 1 aliphatic rings. The fourth-order valence-electron chi connectivity index (χ4n) is 2.45. The molecule has 0 fully saturated rings. The molecule has 2 aromatic heterocycles. The third kappa shape index (κ3) is 2.79. The third-order valence-electron chi connectivity index (χ3n) is 3.38. The molecule has 0 radical (unpaired) electrons. The summed E-state index contributed by atoms with van der Waals surface area (Å²) in [5.74, 6) is 0. The Bertz CT molecular complexity index is 483. The highest BCUT2D eigenvalue weighted by Crippen LogP contribution is 2.30. The van der Waals surface area contributed by atoms with Gasteiger partial charge in [0.05, 0.1) is 0 Å². The molecule has 0 spiro atoms. The molecular weight excluding hydrogens is 240 g/mol. The first-order chi connectivity index (χ1) is 8.92. The van der Waals surface area contributed by atoms with Gasteiger partial charge in [0.15, 0.2) is 0 Å². The lowest BCUT2D eigenvalue weighted by Gasteiger charge is -2.02. The molecule has 2 aromatic rings. The predicted molar refractivity (Wildman–Crippen MR) is 76.0 cm³/mol. The molecule has 0 aromatic carbocycles. The second-order valence-electron chi connectivity index (χ2n) is 4.76. The highest BCUT2D eigenvalue weighted by molar-refractivity contribution is 7.12. The van der Waals surface area contributed by atoms with Gasteiger partial charge in [-0.3, -0.25) is 4.98 Å². The number of nitrogens with one attached hydrogen (secondary N) is 1. The lowest BCUT2D eigenvalue weighted by atomic mass is 10.2. The van der Waals surface area contributed by atoms with Crippen molar-refractivity contribution in [2.24, 2.45) is 0 Å². The van der Waals surface area contributed by atoms with Crippen molar-refractivity contribution in [1.82, 2.24) is 10.3 Å². The SMILES string of the molecule is c1ccc(CCNCc2cc3c(s2)CCC3)nc1. The van der Waals surface area contributed by atoms with Crippen LogP contribution in [0.5, 0.6) is 0 Å². The van der Waals surface area contributed by atoms with E-state index < -0.39 is 0 Å². The number of nitrogens with zero attached hydrogens (tertiary/aromatic N) is 1. The summed E-state index contributed by atoms with van der Waals surface area (Å²) >= 11 is 1.99. The largest absolute Gasteiger partial charge is 0.311 e. The molecule has 2 heterocycles. The maximum absolute atomic E-state index is 4.33. The first-order valence-electron chi connectivity index (χ1n) is 6.63. The zero-order valence-corrected chi connectivity index (χ0v) is 11.3. The Labute approximate surface area is 112 Å². The Hall–Kier alpha value is -1.19. The summed E-state index contributed by atoms with van der Waals surface area (Å²) in [5.41, 5.74) is 2.76. The highest BCUT2D eigenvalue weighted by atomic mass is 32.1. The van der Waals surface area contributed by atoms with Crippen LogP contribution in [0.15, 0.2) is 30.5 Å². The van der Waals surface area contributed by atoms with Crippen LogP contribution in [0, 0.1) is 0 Å². The van der Waals surface area contributed by atoms with E-state index in [9.17, 15) is 0 Å². The van der Waals surface area contributed by atoms with Crippen LogP contribution in [-0.2, 0) is 25.8 Å². The Balaban J connectivity index is 1.44. The van der Waals surface area contributed by atoms with Crippen LogP contribution in [-0.4, -0.2) is 11.5 Å². The lowest BCUT2D eigenvalue weighted by Crippen LogP contribution is -2.16. The van der Waals surface area contributed by atoms with E-state index in [2.05, 4.69) is 22.4 Å². The van der Waals surface area contributed by atoms with Gasteiger partial charge >= 0.3 is 0 Å². The van der Waals surface area contributed by atoms with Crippen LogP contribution in [0.1, 0.15) is 27.4 Å². The van der Waals surface area contributed by atoms with Crippen molar-refractivity contribution < 1.29 is 0 Å². The molecule has 1 N–H and O–H groups in total. The first-order valence-corrected chi connectivity index (χ1v) is 7.44. The van der Waals surface area contributed by atoms with Crippen molar-refractivity contribution in [3.63, 3.8) is 0 Å². The van der Waals surface area contributed by atoms with E-state index in [1.54, 1.807) is 10.4 Å². The third-order valence-corrected chi connectivity index (χ3v) is 4.62. The molecule has 2 nitrogen and oxygen atoms in total. The molecule has 0 bridgehead atoms. The van der Waals surface area contributed by atoms with E-state index >= 15 is 0 Å². The maximum Gasteiger partial charge on any atom is 0.0416 e. The molecule has 0 saturated carbocycles. The van der Waals surface area contributed by atoms with Gasteiger partial charge in [0, 0.05) is 41.2 Å². The number of aromatic nitrogens is 1. The summed E-state index contributed by atoms with van der Waals surface area (Å²) in [4.78, 5) is 7.44. The molecule has 0 unspecified atom stereocenters. The van der Waals surface area contributed by atoms with E-state index in [0.29, 0.717) is 0 Å². The van der Waals surface area contributed by atoms with Gasteiger partial charge < -0.3 is 5.32 Å². The summed E-state index contributed by atoms with van der Waals surface area (Å²) in [6.45, 7) is 2.00. The number of pyridine rings is 1. The standard InChI is InChI=1S/C15H18N2S/c1-2-8-17-13(5-1)7-9-16-11-14-10-12-4-3-6-15(12)18-14/h1-2,5,8,10,16H,3-4,6-7,9,11H2. The number of hydrogen-bond acceptors (Lipinski definition) is 3. The molecule has 94 valence electrons. The molecule has 0 saturated heterocycles. The molecule has 0 atom stereocenters.